The average Bonchev–Trinajstić information content (AvgIpc) is 3.00. The molecule has 7 N–H and O–H groups in total. The maximum atomic E-state index is 11.9. The van der Waals surface area contributed by atoms with Crippen LogP contribution >= 0.6 is 15.9 Å². The van der Waals surface area contributed by atoms with Crippen LogP contribution in [0.25, 0.3) is 0 Å². The maximum Gasteiger partial charge on any atom is 0.405 e. The van der Waals surface area contributed by atoms with Gasteiger partial charge in [-0.15, -0.1) is 0 Å². The molecule has 1 amide bonds. The molecule has 46 heavy (non-hydrogen) atoms. The number of nitrogens with two attached hydrogens (primary N) is 1. The number of unbranched alkanes of at least 4 members (excludes halogenated alkanes) is 2. The molecule has 2 aromatic carbocycles. The van der Waals surface area contributed by atoms with Crippen LogP contribution < -0.4 is 5.73 Å². The summed E-state index contributed by atoms with van der Waals surface area (Å²) >= 11 is 3.50. The van der Waals surface area contributed by atoms with Gasteiger partial charge in [0.1, 0.15) is 29.1 Å². The second-order valence-electron chi connectivity index (χ2n) is 13.5. The first-order valence-electron chi connectivity index (χ1n) is 17.3. The Morgan fingerprint density at radius 2 is 1.22 bits per heavy atom. The molecule has 0 radical (unpaired) electrons. The fourth-order valence-electron chi connectivity index (χ4n) is 7.25. The summed E-state index contributed by atoms with van der Waals surface area (Å²) in [6, 6.07) is 6.45. The summed E-state index contributed by atoms with van der Waals surface area (Å²) < 4.78 is 5.56. The molecule has 4 aliphatic rings. The summed E-state index contributed by atoms with van der Waals surface area (Å²) in [6.07, 6.45) is 9.18. The van der Waals surface area contributed by atoms with Crippen LogP contribution in [0.3, 0.4) is 0 Å². The van der Waals surface area contributed by atoms with Gasteiger partial charge in [0.05, 0.1) is 6.10 Å². The fourth-order valence-corrected chi connectivity index (χ4v) is 7.65. The number of carbonyl (C=O) groups excluding carboxylic acids is 1. The number of halogens is 1. The van der Waals surface area contributed by atoms with Crippen LogP contribution in [-0.4, -0.2) is 37.0 Å². The molecule has 0 heterocycles. The van der Waals surface area contributed by atoms with Crippen LogP contribution in [0.15, 0.2) is 24.3 Å². The molecule has 8 nitrogen and oxygen atoms in total. The van der Waals surface area contributed by atoms with Crippen molar-refractivity contribution >= 4 is 22.0 Å². The predicted molar refractivity (Wildman–Crippen MR) is 186 cm³/mol. The van der Waals surface area contributed by atoms with Crippen molar-refractivity contribution in [3.05, 3.63) is 46.5 Å². The zero-order valence-electron chi connectivity index (χ0n) is 27.9. The van der Waals surface area contributed by atoms with Crippen molar-refractivity contribution < 1.29 is 35.1 Å². The van der Waals surface area contributed by atoms with Crippen LogP contribution in [0, 0.1) is 11.8 Å². The molecule has 4 bridgehead atoms. The zero-order valence-corrected chi connectivity index (χ0v) is 29.5. The van der Waals surface area contributed by atoms with Gasteiger partial charge in [0.15, 0.2) is 0 Å². The van der Waals surface area contributed by atoms with Crippen LogP contribution in [0.1, 0.15) is 157 Å². The van der Waals surface area contributed by atoms with Crippen molar-refractivity contribution in [2.45, 2.75) is 135 Å². The smallest absolute Gasteiger partial charge is 0.405 e. The topological polar surface area (TPSA) is 153 Å². The van der Waals surface area contributed by atoms with Gasteiger partial charge < -0.3 is 36.0 Å². The lowest BCUT2D eigenvalue weighted by Crippen LogP contribution is -2.22. The minimum Gasteiger partial charge on any atom is -0.508 e. The summed E-state index contributed by atoms with van der Waals surface area (Å²) in [7, 11) is 0. The second kappa shape index (κ2) is 18.6. The molecule has 0 saturated carbocycles. The molecule has 2 aromatic rings. The molecule has 0 spiro atoms. The van der Waals surface area contributed by atoms with E-state index in [1.165, 1.54) is 0 Å². The number of aliphatic hydroxyl groups is 1. The van der Waals surface area contributed by atoms with Gasteiger partial charge in [-0.2, -0.15) is 0 Å². The number of alkyl halides is 1. The van der Waals surface area contributed by atoms with Crippen LogP contribution in [0.5, 0.6) is 23.0 Å². The van der Waals surface area contributed by atoms with Crippen LogP contribution in [0.4, 0.5) is 4.79 Å². The minimum absolute atomic E-state index is 0.00117. The molecule has 6 unspecified atom stereocenters. The number of carbonyl (C=O) groups is 1. The molecule has 0 saturated heterocycles. The van der Waals surface area contributed by atoms with E-state index in [1.54, 1.807) is 24.3 Å². The van der Waals surface area contributed by atoms with E-state index in [0.717, 1.165) is 88.8 Å². The Hall–Kier alpha value is -2.65. The maximum absolute atomic E-state index is 11.9. The lowest BCUT2D eigenvalue weighted by molar-refractivity contribution is 0.0690. The van der Waals surface area contributed by atoms with Crippen molar-refractivity contribution in [3.8, 4) is 23.0 Å². The third-order valence-corrected chi connectivity index (χ3v) is 10.4. The predicted octanol–water partition coefficient (Wildman–Crippen LogP) is 9.71. The Morgan fingerprint density at radius 3 is 1.70 bits per heavy atom. The Labute approximate surface area is 283 Å². The Morgan fingerprint density at radius 1 is 0.761 bits per heavy atom. The van der Waals surface area contributed by atoms with E-state index in [2.05, 4.69) is 22.9 Å². The van der Waals surface area contributed by atoms with Gasteiger partial charge in [0.2, 0.25) is 0 Å². The van der Waals surface area contributed by atoms with Gasteiger partial charge in [-0.3, -0.25) is 0 Å². The highest BCUT2D eigenvalue weighted by molar-refractivity contribution is 9.09. The number of aliphatic hydroxyl groups excluding tert-OH is 1. The van der Waals surface area contributed by atoms with E-state index in [4.69, 9.17) is 10.5 Å². The van der Waals surface area contributed by atoms with E-state index in [1.807, 2.05) is 13.8 Å². The number of hydrogen-bond donors (Lipinski definition) is 6. The average molecular weight is 707 g/mol. The molecule has 0 fully saturated rings. The van der Waals surface area contributed by atoms with E-state index in [-0.39, 0.29) is 46.7 Å². The van der Waals surface area contributed by atoms with Crippen molar-refractivity contribution in [2.24, 2.45) is 17.6 Å². The third-order valence-electron chi connectivity index (χ3n) is 9.87. The Balaban J connectivity index is 1.98. The standard InChI is InChI=1S/C37H56BrNO7/c1-4-5-14-25-15-8-6-12-23(2)35(44)27-19-29(40)34(30(41)20-27)26(17-10-11-18-38)16-9-7-13-24(3)36(46-37(39)45)28-21-31(42)33(25)32(43)22-28/h19-26,35-36,40-44H,4-18H2,1-3H3,(H2,39,45). The summed E-state index contributed by atoms with van der Waals surface area (Å²) in [5.74, 6) is -0.310. The number of amides is 1. The number of hydrogen-bond acceptors (Lipinski definition) is 7. The molecular weight excluding hydrogens is 650 g/mol. The normalized spacial score (nSPS) is 25.1. The van der Waals surface area contributed by atoms with Crippen molar-refractivity contribution in [2.75, 3.05) is 5.33 Å². The third kappa shape index (κ3) is 10.4. The van der Waals surface area contributed by atoms with E-state index in [9.17, 15) is 30.3 Å². The zero-order chi connectivity index (χ0) is 33.8. The molecule has 4 aliphatic carbocycles. The number of aromatic hydroxyl groups is 4. The van der Waals surface area contributed by atoms with Gasteiger partial charge in [0.25, 0.3) is 0 Å². The van der Waals surface area contributed by atoms with Gasteiger partial charge in [-0.1, -0.05) is 81.6 Å². The highest BCUT2D eigenvalue weighted by Crippen LogP contribution is 2.45. The highest BCUT2D eigenvalue weighted by atomic mass is 79.9. The number of phenols is 4. The summed E-state index contributed by atoms with van der Waals surface area (Å²) in [5.41, 5.74) is 7.55. The molecular formula is C37H56BrNO7. The van der Waals surface area contributed by atoms with Crippen LogP contribution in [0.2, 0.25) is 0 Å². The van der Waals surface area contributed by atoms with Crippen molar-refractivity contribution in [1.29, 1.82) is 0 Å². The fraction of sp³-hybridized carbons (Fsp3) is 0.649. The number of ether oxygens (including phenoxy) is 1. The summed E-state index contributed by atoms with van der Waals surface area (Å²) in [5, 5.41) is 56.8. The molecule has 6 atom stereocenters. The first kappa shape index (κ1) is 37.8. The largest absolute Gasteiger partial charge is 0.508 e. The second-order valence-corrected chi connectivity index (χ2v) is 14.3. The first-order chi connectivity index (χ1) is 22.0. The number of rotatable bonds is 8. The summed E-state index contributed by atoms with van der Waals surface area (Å²) in [4.78, 5) is 11.9. The quantitative estimate of drug-likeness (QED) is 0.118. The molecule has 0 aliphatic heterocycles. The van der Waals surface area contributed by atoms with Gasteiger partial charge in [-0.25, -0.2) is 4.79 Å². The lowest BCUT2D eigenvalue weighted by atomic mass is 9.83. The monoisotopic (exact) mass is 705 g/mol. The van der Waals surface area contributed by atoms with E-state index < -0.39 is 18.3 Å². The van der Waals surface area contributed by atoms with Gasteiger partial charge in [0, 0.05) is 22.0 Å². The summed E-state index contributed by atoms with van der Waals surface area (Å²) in [6.45, 7) is 6.06. The Kier molecular flexibility index (Phi) is 15.3. The van der Waals surface area contributed by atoms with Gasteiger partial charge in [-0.05, 0) is 98.4 Å². The Bertz CT molecular complexity index is 1210. The number of benzene rings is 2. The van der Waals surface area contributed by atoms with Gasteiger partial charge >= 0.3 is 6.09 Å². The van der Waals surface area contributed by atoms with E-state index in [0.29, 0.717) is 28.7 Å². The van der Waals surface area contributed by atoms with Crippen LogP contribution in [-0.2, 0) is 4.74 Å². The number of primary amides is 1. The molecule has 9 heteroatoms. The van der Waals surface area contributed by atoms with Crippen molar-refractivity contribution in [1.82, 2.24) is 0 Å². The first-order valence-corrected chi connectivity index (χ1v) is 18.4. The van der Waals surface area contributed by atoms with Crippen molar-refractivity contribution in [3.63, 3.8) is 0 Å². The lowest BCUT2D eigenvalue weighted by Gasteiger charge is -2.27. The SMILES string of the molecule is CCCCC1CCCCC(C)C(O)c2cc(O)c(c(O)c2)C(CCCCBr)CCCCC(C)C(OC(N)=O)c2cc(O)c1c(O)c2. The molecule has 0 aromatic heterocycles. The highest BCUT2D eigenvalue weighted by Gasteiger charge is 2.29. The molecule has 258 valence electrons. The number of phenolic OH excluding ortho intramolecular Hbond substituents is 4. The minimum atomic E-state index is -0.914. The van der Waals surface area contributed by atoms with E-state index >= 15 is 0 Å². The molecule has 6 rings (SSSR count).